The van der Waals surface area contributed by atoms with E-state index in [4.69, 9.17) is 5.11 Å². The van der Waals surface area contributed by atoms with Crippen molar-refractivity contribution in [1.29, 1.82) is 0 Å². The maximum absolute atomic E-state index is 13.1. The molecule has 0 radical (unpaired) electrons. The monoisotopic (exact) mass is 287 g/mol. The van der Waals surface area contributed by atoms with E-state index in [1.165, 1.54) is 18.9 Å². The third-order valence-electron chi connectivity index (χ3n) is 2.83. The summed E-state index contributed by atoms with van der Waals surface area (Å²) in [5.74, 6) is -0.210. The summed E-state index contributed by atoms with van der Waals surface area (Å²) in [7, 11) is 0. The Kier molecular flexibility index (Phi) is 3.95. The van der Waals surface area contributed by atoms with Crippen LogP contribution >= 0.6 is 15.9 Å². The molecule has 0 aliphatic heterocycles. The van der Waals surface area contributed by atoms with Crippen LogP contribution in [0, 0.1) is 5.82 Å². The van der Waals surface area contributed by atoms with Crippen LogP contribution in [0.15, 0.2) is 22.7 Å². The fourth-order valence-electron chi connectivity index (χ4n) is 1.84. The highest BCUT2D eigenvalue weighted by Gasteiger charge is 2.28. The number of aliphatic hydroxyl groups excluding tert-OH is 1. The molecule has 16 heavy (non-hydrogen) atoms. The van der Waals surface area contributed by atoms with Crippen molar-refractivity contribution in [3.8, 4) is 0 Å². The molecule has 1 aromatic rings. The highest BCUT2D eigenvalue weighted by molar-refractivity contribution is 9.10. The van der Waals surface area contributed by atoms with Gasteiger partial charge in [0.2, 0.25) is 0 Å². The van der Waals surface area contributed by atoms with Gasteiger partial charge in [0.05, 0.1) is 6.61 Å². The van der Waals surface area contributed by atoms with Crippen molar-refractivity contribution in [2.45, 2.75) is 25.4 Å². The molecule has 1 N–H and O–H groups in total. The van der Waals surface area contributed by atoms with Gasteiger partial charge >= 0.3 is 0 Å². The first-order chi connectivity index (χ1) is 7.70. The highest BCUT2D eigenvalue weighted by Crippen LogP contribution is 2.29. The average Bonchev–Trinajstić information content (AvgIpc) is 3.06. The van der Waals surface area contributed by atoms with Crippen LogP contribution in [0.1, 0.15) is 18.4 Å². The maximum atomic E-state index is 13.1. The van der Waals surface area contributed by atoms with E-state index in [-0.39, 0.29) is 12.4 Å². The van der Waals surface area contributed by atoms with Crippen LogP contribution in [-0.2, 0) is 6.54 Å². The lowest BCUT2D eigenvalue weighted by atomic mass is 10.2. The summed E-state index contributed by atoms with van der Waals surface area (Å²) in [6.07, 6.45) is 2.37. The quantitative estimate of drug-likeness (QED) is 0.900. The lowest BCUT2D eigenvalue weighted by Crippen LogP contribution is -2.28. The molecule has 1 aromatic carbocycles. The molecule has 2 rings (SSSR count). The molecular formula is C12H15BrFNO. The van der Waals surface area contributed by atoms with E-state index < -0.39 is 0 Å². The molecule has 0 bridgehead atoms. The largest absolute Gasteiger partial charge is 0.395 e. The SMILES string of the molecule is OCCN(Cc1cc(F)ccc1Br)C1CC1. The van der Waals surface area contributed by atoms with E-state index in [9.17, 15) is 4.39 Å². The molecule has 0 atom stereocenters. The van der Waals surface area contributed by atoms with Gasteiger partial charge in [-0.15, -0.1) is 0 Å². The van der Waals surface area contributed by atoms with Crippen LogP contribution in [0.2, 0.25) is 0 Å². The molecule has 88 valence electrons. The molecule has 0 heterocycles. The molecule has 0 saturated heterocycles. The molecule has 0 unspecified atom stereocenters. The van der Waals surface area contributed by atoms with Gasteiger partial charge in [-0.1, -0.05) is 15.9 Å². The minimum atomic E-state index is -0.210. The zero-order valence-corrected chi connectivity index (χ0v) is 10.6. The first-order valence-corrected chi connectivity index (χ1v) is 6.29. The van der Waals surface area contributed by atoms with E-state index in [2.05, 4.69) is 20.8 Å². The summed E-state index contributed by atoms with van der Waals surface area (Å²) in [5.41, 5.74) is 0.945. The summed E-state index contributed by atoms with van der Waals surface area (Å²) in [4.78, 5) is 2.21. The predicted octanol–water partition coefficient (Wildman–Crippen LogP) is 2.54. The van der Waals surface area contributed by atoms with Gasteiger partial charge < -0.3 is 5.11 Å². The number of halogens is 2. The zero-order chi connectivity index (χ0) is 11.5. The fraction of sp³-hybridized carbons (Fsp3) is 0.500. The molecule has 0 amide bonds. The molecular weight excluding hydrogens is 273 g/mol. The normalized spacial score (nSPS) is 15.8. The van der Waals surface area contributed by atoms with Crippen LogP contribution in [0.5, 0.6) is 0 Å². The zero-order valence-electron chi connectivity index (χ0n) is 9.00. The van der Waals surface area contributed by atoms with Gasteiger partial charge in [0.25, 0.3) is 0 Å². The topological polar surface area (TPSA) is 23.5 Å². The maximum Gasteiger partial charge on any atom is 0.123 e. The first kappa shape index (κ1) is 12.0. The summed E-state index contributed by atoms with van der Waals surface area (Å²) in [6, 6.07) is 5.30. The molecule has 1 aliphatic rings. The first-order valence-electron chi connectivity index (χ1n) is 5.49. The Labute approximate surface area is 103 Å². The number of benzene rings is 1. The van der Waals surface area contributed by atoms with Crippen LogP contribution in [0.4, 0.5) is 4.39 Å². The Morgan fingerprint density at radius 2 is 2.19 bits per heavy atom. The van der Waals surface area contributed by atoms with Crippen LogP contribution < -0.4 is 0 Å². The van der Waals surface area contributed by atoms with E-state index in [1.807, 2.05) is 0 Å². The summed E-state index contributed by atoms with van der Waals surface area (Å²) in [5, 5.41) is 8.99. The van der Waals surface area contributed by atoms with Gasteiger partial charge in [0.15, 0.2) is 0 Å². The smallest absolute Gasteiger partial charge is 0.123 e. The van der Waals surface area contributed by atoms with E-state index in [0.29, 0.717) is 19.1 Å². The molecule has 2 nitrogen and oxygen atoms in total. The van der Waals surface area contributed by atoms with E-state index in [0.717, 1.165) is 10.0 Å². The number of rotatable bonds is 5. The Bertz CT molecular complexity index is 368. The second-order valence-corrected chi connectivity index (χ2v) is 5.02. The third-order valence-corrected chi connectivity index (χ3v) is 3.61. The second kappa shape index (κ2) is 5.25. The van der Waals surface area contributed by atoms with Crippen molar-refractivity contribution in [2.24, 2.45) is 0 Å². The molecule has 1 saturated carbocycles. The number of hydrogen-bond donors (Lipinski definition) is 1. The standard InChI is InChI=1S/C12H15BrFNO/c13-12-4-1-10(14)7-9(12)8-15(5-6-16)11-2-3-11/h1,4,7,11,16H,2-3,5-6,8H2. The van der Waals surface area contributed by atoms with Crippen LogP contribution in [0.3, 0.4) is 0 Å². The number of aliphatic hydroxyl groups is 1. The third kappa shape index (κ3) is 3.03. The Balaban J connectivity index is 2.08. The van der Waals surface area contributed by atoms with Gasteiger partial charge in [-0.2, -0.15) is 0 Å². The minimum absolute atomic E-state index is 0.156. The molecule has 0 spiro atoms. The molecule has 1 fully saturated rings. The van der Waals surface area contributed by atoms with E-state index >= 15 is 0 Å². The summed E-state index contributed by atoms with van der Waals surface area (Å²) < 4.78 is 14.0. The van der Waals surface area contributed by atoms with Crippen molar-refractivity contribution < 1.29 is 9.50 Å². The molecule has 0 aromatic heterocycles. The molecule has 1 aliphatic carbocycles. The molecule has 4 heteroatoms. The Morgan fingerprint density at radius 1 is 1.44 bits per heavy atom. The van der Waals surface area contributed by atoms with Crippen molar-refractivity contribution >= 4 is 15.9 Å². The van der Waals surface area contributed by atoms with Gasteiger partial charge in [0, 0.05) is 23.6 Å². The number of hydrogen-bond acceptors (Lipinski definition) is 2. The number of nitrogens with zero attached hydrogens (tertiary/aromatic N) is 1. The predicted molar refractivity (Wildman–Crippen MR) is 64.6 cm³/mol. The summed E-state index contributed by atoms with van der Waals surface area (Å²) in [6.45, 7) is 1.51. The highest BCUT2D eigenvalue weighted by atomic mass is 79.9. The van der Waals surface area contributed by atoms with Crippen molar-refractivity contribution in [3.63, 3.8) is 0 Å². The Morgan fingerprint density at radius 3 is 2.81 bits per heavy atom. The summed E-state index contributed by atoms with van der Waals surface area (Å²) >= 11 is 3.42. The van der Waals surface area contributed by atoms with Gasteiger partial charge in [-0.05, 0) is 36.6 Å². The Hall–Kier alpha value is -0.450. The van der Waals surface area contributed by atoms with Crippen LogP contribution in [0.25, 0.3) is 0 Å². The van der Waals surface area contributed by atoms with Crippen molar-refractivity contribution in [1.82, 2.24) is 4.90 Å². The fourth-order valence-corrected chi connectivity index (χ4v) is 2.21. The van der Waals surface area contributed by atoms with Crippen molar-refractivity contribution in [3.05, 3.63) is 34.1 Å². The second-order valence-electron chi connectivity index (χ2n) is 4.16. The van der Waals surface area contributed by atoms with Gasteiger partial charge in [-0.3, -0.25) is 4.90 Å². The van der Waals surface area contributed by atoms with E-state index in [1.54, 1.807) is 12.1 Å². The van der Waals surface area contributed by atoms with Gasteiger partial charge in [-0.25, -0.2) is 4.39 Å². The van der Waals surface area contributed by atoms with Crippen molar-refractivity contribution in [2.75, 3.05) is 13.2 Å². The minimum Gasteiger partial charge on any atom is -0.395 e. The average molecular weight is 288 g/mol. The van der Waals surface area contributed by atoms with Gasteiger partial charge in [0.1, 0.15) is 5.82 Å². The lowest BCUT2D eigenvalue weighted by molar-refractivity contribution is 0.183. The van der Waals surface area contributed by atoms with Crippen LogP contribution in [-0.4, -0.2) is 29.2 Å². The lowest BCUT2D eigenvalue weighted by Gasteiger charge is -2.21.